The van der Waals surface area contributed by atoms with Crippen molar-refractivity contribution in [3.8, 4) is 16.9 Å². The molecule has 0 atom stereocenters. The van der Waals surface area contributed by atoms with Gasteiger partial charge in [-0.3, -0.25) is 0 Å². The minimum Gasteiger partial charge on any atom is -0.434 e. The molecule has 4 heteroatoms. The fraction of sp³-hybridized carbons (Fsp3) is 0.0769. The molecule has 0 aliphatic heterocycles. The average Bonchev–Trinajstić information content (AvgIpc) is 2.29. The van der Waals surface area contributed by atoms with Crippen molar-refractivity contribution in [2.75, 3.05) is 0 Å². The summed E-state index contributed by atoms with van der Waals surface area (Å²) in [7, 11) is 0. The molecule has 0 heterocycles. The van der Waals surface area contributed by atoms with Gasteiger partial charge in [0, 0.05) is 10.0 Å². The van der Waals surface area contributed by atoms with Crippen molar-refractivity contribution in [2.45, 2.75) is 6.61 Å². The van der Waals surface area contributed by atoms with Gasteiger partial charge in [0.15, 0.2) is 0 Å². The molecule has 0 amide bonds. The first-order valence-corrected chi connectivity index (χ1v) is 5.76. The maximum atomic E-state index is 12.3. The van der Waals surface area contributed by atoms with Gasteiger partial charge in [-0.1, -0.05) is 46.3 Å². The summed E-state index contributed by atoms with van der Waals surface area (Å²) in [4.78, 5) is 0. The standard InChI is InChI=1S/C13H9BrF2O/c14-10-6-7-11(9-4-2-1-3-5-9)12(8-10)17-13(15)16/h1-8,13H. The molecule has 0 saturated heterocycles. The van der Waals surface area contributed by atoms with Crippen LogP contribution in [0.15, 0.2) is 53.0 Å². The number of ether oxygens (including phenoxy) is 1. The molecule has 2 rings (SSSR count). The van der Waals surface area contributed by atoms with Gasteiger partial charge >= 0.3 is 6.61 Å². The number of alkyl halides is 2. The first kappa shape index (κ1) is 12.0. The molecular formula is C13H9BrF2O. The monoisotopic (exact) mass is 298 g/mol. The smallest absolute Gasteiger partial charge is 0.387 e. The van der Waals surface area contributed by atoms with Crippen LogP contribution in [0.5, 0.6) is 5.75 Å². The molecule has 88 valence electrons. The quantitative estimate of drug-likeness (QED) is 0.797. The van der Waals surface area contributed by atoms with Gasteiger partial charge in [0.1, 0.15) is 5.75 Å². The molecule has 0 saturated carbocycles. The zero-order valence-electron chi connectivity index (χ0n) is 8.74. The summed E-state index contributed by atoms with van der Waals surface area (Å²) in [5.41, 5.74) is 1.49. The van der Waals surface area contributed by atoms with E-state index in [-0.39, 0.29) is 5.75 Å². The Morgan fingerprint density at radius 1 is 1.00 bits per heavy atom. The van der Waals surface area contributed by atoms with Gasteiger partial charge < -0.3 is 4.74 Å². The minimum atomic E-state index is -2.83. The Hall–Kier alpha value is -1.42. The van der Waals surface area contributed by atoms with E-state index < -0.39 is 6.61 Å². The number of rotatable bonds is 3. The summed E-state index contributed by atoms with van der Waals surface area (Å²) in [5.74, 6) is 0.167. The molecule has 0 spiro atoms. The molecule has 0 unspecified atom stereocenters. The van der Waals surface area contributed by atoms with E-state index in [4.69, 9.17) is 0 Å². The van der Waals surface area contributed by atoms with E-state index in [1.165, 1.54) is 6.07 Å². The van der Waals surface area contributed by atoms with Gasteiger partial charge in [-0.2, -0.15) is 8.78 Å². The molecule has 0 radical (unpaired) electrons. The van der Waals surface area contributed by atoms with Crippen molar-refractivity contribution >= 4 is 15.9 Å². The highest BCUT2D eigenvalue weighted by Gasteiger charge is 2.11. The average molecular weight is 299 g/mol. The van der Waals surface area contributed by atoms with E-state index >= 15 is 0 Å². The Bertz CT molecular complexity index is 500. The van der Waals surface area contributed by atoms with Gasteiger partial charge in [0.05, 0.1) is 0 Å². The topological polar surface area (TPSA) is 9.23 Å². The molecule has 0 aromatic heterocycles. The molecule has 17 heavy (non-hydrogen) atoms. The second kappa shape index (κ2) is 5.27. The zero-order chi connectivity index (χ0) is 12.3. The lowest BCUT2D eigenvalue weighted by molar-refractivity contribution is -0.0494. The second-order valence-electron chi connectivity index (χ2n) is 3.39. The van der Waals surface area contributed by atoms with Gasteiger partial charge in [0.25, 0.3) is 0 Å². The third kappa shape index (κ3) is 3.03. The Morgan fingerprint density at radius 2 is 1.71 bits per heavy atom. The largest absolute Gasteiger partial charge is 0.434 e. The SMILES string of the molecule is FC(F)Oc1cc(Br)ccc1-c1ccccc1. The molecule has 0 bridgehead atoms. The van der Waals surface area contributed by atoms with Crippen LogP contribution in [0.3, 0.4) is 0 Å². The maximum absolute atomic E-state index is 12.3. The van der Waals surface area contributed by atoms with Gasteiger partial charge in [-0.25, -0.2) is 0 Å². The first-order valence-electron chi connectivity index (χ1n) is 4.96. The van der Waals surface area contributed by atoms with E-state index in [1.54, 1.807) is 12.1 Å². The van der Waals surface area contributed by atoms with Crippen molar-refractivity contribution < 1.29 is 13.5 Å². The van der Waals surface area contributed by atoms with Crippen molar-refractivity contribution in [1.82, 2.24) is 0 Å². The molecular weight excluding hydrogens is 290 g/mol. The number of hydrogen-bond donors (Lipinski definition) is 0. The molecule has 0 aliphatic carbocycles. The Morgan fingerprint density at radius 3 is 2.35 bits per heavy atom. The number of hydrogen-bond acceptors (Lipinski definition) is 1. The molecule has 2 aromatic carbocycles. The van der Waals surface area contributed by atoms with E-state index in [1.807, 2.05) is 30.3 Å². The molecule has 0 fully saturated rings. The minimum absolute atomic E-state index is 0.167. The van der Waals surface area contributed by atoms with Crippen molar-refractivity contribution in [3.63, 3.8) is 0 Å². The van der Waals surface area contributed by atoms with Crippen LogP contribution < -0.4 is 4.74 Å². The van der Waals surface area contributed by atoms with Crippen molar-refractivity contribution in [2.24, 2.45) is 0 Å². The fourth-order valence-electron chi connectivity index (χ4n) is 1.55. The Labute approximate surface area is 106 Å². The second-order valence-corrected chi connectivity index (χ2v) is 4.30. The predicted octanol–water partition coefficient (Wildman–Crippen LogP) is 4.72. The van der Waals surface area contributed by atoms with Crippen LogP contribution in [-0.4, -0.2) is 6.61 Å². The molecule has 1 nitrogen and oxygen atoms in total. The lowest BCUT2D eigenvalue weighted by Crippen LogP contribution is -2.03. The van der Waals surface area contributed by atoms with Gasteiger partial charge in [0.2, 0.25) is 0 Å². The highest BCUT2D eigenvalue weighted by molar-refractivity contribution is 9.10. The summed E-state index contributed by atoms with van der Waals surface area (Å²) < 4.78 is 29.8. The van der Waals surface area contributed by atoms with Crippen LogP contribution in [0.2, 0.25) is 0 Å². The number of halogens is 3. The lowest BCUT2D eigenvalue weighted by Gasteiger charge is -2.11. The Balaban J connectivity index is 2.46. The first-order chi connectivity index (χ1) is 8.16. The van der Waals surface area contributed by atoms with Gasteiger partial charge in [-0.05, 0) is 23.8 Å². The predicted molar refractivity (Wildman–Crippen MR) is 66.2 cm³/mol. The van der Waals surface area contributed by atoms with Crippen LogP contribution in [0, 0.1) is 0 Å². The highest BCUT2D eigenvalue weighted by atomic mass is 79.9. The maximum Gasteiger partial charge on any atom is 0.387 e. The zero-order valence-corrected chi connectivity index (χ0v) is 10.3. The lowest BCUT2D eigenvalue weighted by atomic mass is 10.1. The summed E-state index contributed by atoms with van der Waals surface area (Å²) in [5, 5.41) is 0. The fourth-order valence-corrected chi connectivity index (χ4v) is 1.89. The van der Waals surface area contributed by atoms with Crippen LogP contribution in [-0.2, 0) is 0 Å². The summed E-state index contributed by atoms with van der Waals surface area (Å²) >= 11 is 3.23. The summed E-state index contributed by atoms with van der Waals surface area (Å²) in [6.07, 6.45) is 0. The highest BCUT2D eigenvalue weighted by Crippen LogP contribution is 2.33. The van der Waals surface area contributed by atoms with E-state index in [9.17, 15) is 8.78 Å². The van der Waals surface area contributed by atoms with E-state index in [2.05, 4.69) is 20.7 Å². The van der Waals surface area contributed by atoms with Crippen molar-refractivity contribution in [3.05, 3.63) is 53.0 Å². The van der Waals surface area contributed by atoms with E-state index in [0.29, 0.717) is 10.0 Å². The normalized spacial score (nSPS) is 10.6. The van der Waals surface area contributed by atoms with Crippen molar-refractivity contribution in [1.29, 1.82) is 0 Å². The molecule has 0 N–H and O–H groups in total. The van der Waals surface area contributed by atoms with Crippen LogP contribution in [0.4, 0.5) is 8.78 Å². The molecule has 0 aliphatic rings. The van der Waals surface area contributed by atoms with Crippen LogP contribution in [0.1, 0.15) is 0 Å². The summed E-state index contributed by atoms with van der Waals surface area (Å²) in [6, 6.07) is 14.3. The third-order valence-electron chi connectivity index (χ3n) is 2.24. The summed E-state index contributed by atoms with van der Waals surface area (Å²) in [6.45, 7) is -2.83. The third-order valence-corrected chi connectivity index (χ3v) is 2.74. The van der Waals surface area contributed by atoms with Crippen LogP contribution >= 0.6 is 15.9 Å². The van der Waals surface area contributed by atoms with Gasteiger partial charge in [-0.15, -0.1) is 0 Å². The Kier molecular flexibility index (Phi) is 3.74. The molecule has 2 aromatic rings. The van der Waals surface area contributed by atoms with Crippen LogP contribution in [0.25, 0.3) is 11.1 Å². The van der Waals surface area contributed by atoms with E-state index in [0.717, 1.165) is 5.56 Å². The number of benzene rings is 2.